The van der Waals surface area contributed by atoms with Crippen LogP contribution in [0.5, 0.6) is 11.8 Å². The molecule has 0 radical (unpaired) electrons. The van der Waals surface area contributed by atoms with E-state index in [9.17, 15) is 17.2 Å². The lowest BCUT2D eigenvalue weighted by molar-refractivity contribution is 0.410. The number of sulfonamides is 1. The number of H-pyrrole nitrogens is 1. The number of nitrogens with zero attached hydrogens (tertiary/aromatic N) is 4. The largest absolute Gasteiger partial charge is 0.421 e. The number of benzene rings is 2. The molecule has 1 N–H and O–H groups in total. The van der Waals surface area contributed by atoms with E-state index in [2.05, 4.69) is 20.2 Å². The van der Waals surface area contributed by atoms with Crippen molar-refractivity contribution in [3.8, 4) is 23.0 Å². The van der Waals surface area contributed by atoms with Gasteiger partial charge in [-0.1, -0.05) is 29.8 Å². The van der Waals surface area contributed by atoms with Gasteiger partial charge in [0.05, 0.1) is 16.2 Å². The van der Waals surface area contributed by atoms with Crippen LogP contribution >= 0.6 is 11.6 Å². The fourth-order valence-corrected chi connectivity index (χ4v) is 5.24. The maximum Gasteiger partial charge on any atom is 0.326 e. The van der Waals surface area contributed by atoms with Crippen LogP contribution in [0.2, 0.25) is 5.02 Å². The number of hydrogen-bond acceptors (Lipinski definition) is 6. The number of ether oxygens (including phenoxy) is 1. The Morgan fingerprint density at radius 1 is 1.12 bits per heavy atom. The molecular formula is C20H14ClF2N5O3S. The van der Waals surface area contributed by atoms with Crippen LogP contribution in [0.1, 0.15) is 6.42 Å². The van der Waals surface area contributed by atoms with E-state index >= 15 is 0 Å². The number of halogens is 3. The van der Waals surface area contributed by atoms with Crippen molar-refractivity contribution in [1.82, 2.24) is 20.2 Å². The monoisotopic (exact) mass is 477 g/mol. The fraction of sp³-hybridized carbons (Fsp3) is 0.150. The minimum Gasteiger partial charge on any atom is -0.421 e. The van der Waals surface area contributed by atoms with E-state index in [4.69, 9.17) is 16.3 Å². The number of fused-ring (bicyclic) bond motifs is 1. The first-order valence-corrected chi connectivity index (χ1v) is 11.5. The van der Waals surface area contributed by atoms with Crippen LogP contribution in [0.15, 0.2) is 42.5 Å². The summed E-state index contributed by atoms with van der Waals surface area (Å²) in [6, 6.07) is 9.38. The Hall–Kier alpha value is -3.31. The second-order valence-electron chi connectivity index (χ2n) is 7.02. The molecule has 1 aliphatic heterocycles. The Morgan fingerprint density at radius 3 is 2.66 bits per heavy atom. The average Bonchev–Trinajstić information content (AvgIpc) is 3.32. The van der Waals surface area contributed by atoms with Gasteiger partial charge in [0, 0.05) is 18.2 Å². The zero-order valence-electron chi connectivity index (χ0n) is 16.2. The van der Waals surface area contributed by atoms with Gasteiger partial charge in [0.1, 0.15) is 11.5 Å². The van der Waals surface area contributed by atoms with Crippen LogP contribution in [0.3, 0.4) is 0 Å². The highest BCUT2D eigenvalue weighted by molar-refractivity contribution is 7.93. The van der Waals surface area contributed by atoms with Crippen molar-refractivity contribution in [2.24, 2.45) is 0 Å². The Morgan fingerprint density at radius 2 is 1.94 bits per heavy atom. The van der Waals surface area contributed by atoms with Gasteiger partial charge in [-0.25, -0.2) is 17.2 Å². The molecule has 164 valence electrons. The number of hydrogen-bond donors (Lipinski definition) is 1. The molecule has 32 heavy (non-hydrogen) atoms. The first kappa shape index (κ1) is 20.6. The topological polar surface area (TPSA) is 101 Å². The smallest absolute Gasteiger partial charge is 0.326 e. The van der Waals surface area contributed by atoms with Gasteiger partial charge in [-0.15, -0.1) is 0 Å². The summed E-state index contributed by atoms with van der Waals surface area (Å²) in [6.45, 7) is 0.200. The summed E-state index contributed by atoms with van der Waals surface area (Å²) >= 11 is 6.33. The molecule has 4 aromatic rings. The number of rotatable bonds is 4. The second kappa shape index (κ2) is 7.68. The van der Waals surface area contributed by atoms with Crippen molar-refractivity contribution < 1.29 is 21.9 Å². The summed E-state index contributed by atoms with van der Waals surface area (Å²) in [7, 11) is -3.63. The second-order valence-corrected chi connectivity index (χ2v) is 9.44. The highest BCUT2D eigenvalue weighted by Crippen LogP contribution is 2.39. The summed E-state index contributed by atoms with van der Waals surface area (Å²) in [6.07, 6.45) is 0.413. The van der Waals surface area contributed by atoms with Crippen LogP contribution in [0, 0.1) is 11.6 Å². The Labute approximate surface area is 185 Å². The van der Waals surface area contributed by atoms with E-state index in [0.717, 1.165) is 16.4 Å². The predicted molar refractivity (Wildman–Crippen MR) is 114 cm³/mol. The van der Waals surface area contributed by atoms with Gasteiger partial charge in [0.15, 0.2) is 23.0 Å². The molecular weight excluding hydrogens is 464 g/mol. The van der Waals surface area contributed by atoms with E-state index in [0.29, 0.717) is 34.2 Å². The SMILES string of the molecule is O=S1(=O)CCCN1c1nc(Oc2ccc(F)cc2F)nc2[nH]nc(-c3ccccc3Cl)c12. The van der Waals surface area contributed by atoms with E-state index in [1.807, 2.05) is 0 Å². The molecule has 1 aliphatic rings. The molecule has 0 saturated carbocycles. The maximum absolute atomic E-state index is 14.1. The van der Waals surface area contributed by atoms with Gasteiger partial charge >= 0.3 is 6.01 Å². The zero-order chi connectivity index (χ0) is 22.5. The third-order valence-corrected chi connectivity index (χ3v) is 7.10. The molecule has 0 bridgehead atoms. The minimum atomic E-state index is -3.63. The average molecular weight is 478 g/mol. The number of aromatic nitrogens is 4. The quantitative estimate of drug-likeness (QED) is 0.470. The third kappa shape index (κ3) is 3.53. The normalized spacial score (nSPS) is 15.4. The molecule has 8 nitrogen and oxygen atoms in total. The summed E-state index contributed by atoms with van der Waals surface area (Å²) in [4.78, 5) is 8.49. The fourth-order valence-electron chi connectivity index (χ4n) is 3.50. The van der Waals surface area contributed by atoms with E-state index in [1.165, 1.54) is 0 Å². The van der Waals surface area contributed by atoms with Crippen LogP contribution in [0.25, 0.3) is 22.3 Å². The molecule has 5 rings (SSSR count). The maximum atomic E-state index is 14.1. The van der Waals surface area contributed by atoms with Crippen molar-refractivity contribution >= 4 is 38.5 Å². The first-order chi connectivity index (χ1) is 15.3. The lowest BCUT2D eigenvalue weighted by Crippen LogP contribution is -2.26. The molecule has 3 heterocycles. The van der Waals surface area contributed by atoms with Crippen molar-refractivity contribution in [3.05, 3.63) is 59.1 Å². The summed E-state index contributed by atoms with van der Waals surface area (Å²) in [5, 5.41) is 7.75. The number of aromatic amines is 1. The zero-order valence-corrected chi connectivity index (χ0v) is 17.8. The highest BCUT2D eigenvalue weighted by Gasteiger charge is 2.33. The van der Waals surface area contributed by atoms with Crippen molar-refractivity contribution in [3.63, 3.8) is 0 Å². The van der Waals surface area contributed by atoms with E-state index in [-0.39, 0.29) is 35.5 Å². The Bertz CT molecular complexity index is 1460. The van der Waals surface area contributed by atoms with Crippen LogP contribution in [-0.2, 0) is 10.0 Å². The molecule has 2 aromatic heterocycles. The standard InChI is InChI=1S/C20H14ClF2N5O3S/c21-13-5-2-1-4-12(13)17-16-18(27-26-17)24-20(31-15-7-6-11(22)10-14(15)23)25-19(16)28-8-3-9-32(28,29)30/h1-2,4-7,10H,3,8-9H2,(H,24,25,26,27). The molecule has 0 spiro atoms. The van der Waals surface area contributed by atoms with Crippen LogP contribution in [0.4, 0.5) is 14.6 Å². The lowest BCUT2D eigenvalue weighted by atomic mass is 10.1. The molecule has 2 aromatic carbocycles. The highest BCUT2D eigenvalue weighted by atomic mass is 35.5. The molecule has 12 heteroatoms. The minimum absolute atomic E-state index is 0.0358. The molecule has 0 atom stereocenters. The lowest BCUT2D eigenvalue weighted by Gasteiger charge is -2.18. The number of anilines is 1. The number of nitrogens with one attached hydrogen (secondary N) is 1. The Balaban J connectivity index is 1.71. The van der Waals surface area contributed by atoms with Gasteiger partial charge in [-0.05, 0) is 24.6 Å². The van der Waals surface area contributed by atoms with Gasteiger partial charge in [-0.3, -0.25) is 9.40 Å². The van der Waals surface area contributed by atoms with Crippen LogP contribution < -0.4 is 9.04 Å². The third-order valence-electron chi connectivity index (χ3n) is 4.94. The summed E-state index contributed by atoms with van der Waals surface area (Å²) in [5.74, 6) is -2.04. The molecule has 1 saturated heterocycles. The molecule has 1 fully saturated rings. The van der Waals surface area contributed by atoms with E-state index < -0.39 is 21.7 Å². The summed E-state index contributed by atoms with van der Waals surface area (Å²) < 4.78 is 59.2. The predicted octanol–water partition coefficient (Wildman–Crippen LogP) is 4.28. The van der Waals surface area contributed by atoms with Gasteiger partial charge in [-0.2, -0.15) is 15.1 Å². The van der Waals surface area contributed by atoms with Crippen molar-refractivity contribution in [2.45, 2.75) is 6.42 Å². The molecule has 0 aliphatic carbocycles. The Kier molecular flexibility index (Phi) is 4.94. The van der Waals surface area contributed by atoms with Gasteiger partial charge in [0.25, 0.3) is 0 Å². The van der Waals surface area contributed by atoms with Crippen molar-refractivity contribution in [2.75, 3.05) is 16.6 Å². The van der Waals surface area contributed by atoms with Gasteiger partial charge in [0.2, 0.25) is 10.0 Å². The first-order valence-electron chi connectivity index (χ1n) is 9.48. The summed E-state index contributed by atoms with van der Waals surface area (Å²) in [5.41, 5.74) is 1.09. The molecule has 0 amide bonds. The molecule has 0 unspecified atom stereocenters. The van der Waals surface area contributed by atoms with Crippen LogP contribution in [-0.4, -0.2) is 40.9 Å². The van der Waals surface area contributed by atoms with Gasteiger partial charge < -0.3 is 4.74 Å². The van der Waals surface area contributed by atoms with Crippen molar-refractivity contribution in [1.29, 1.82) is 0 Å². The van der Waals surface area contributed by atoms with E-state index in [1.54, 1.807) is 24.3 Å².